The van der Waals surface area contributed by atoms with Gasteiger partial charge in [-0.15, -0.1) is 0 Å². The van der Waals surface area contributed by atoms with Crippen LogP contribution >= 0.6 is 0 Å². The molecule has 11 heteroatoms. The molecule has 1 atom stereocenters. The third-order valence-electron chi connectivity index (χ3n) is 7.74. The van der Waals surface area contributed by atoms with Gasteiger partial charge in [0, 0.05) is 23.4 Å². The van der Waals surface area contributed by atoms with Gasteiger partial charge < -0.3 is 0 Å². The lowest BCUT2D eigenvalue weighted by molar-refractivity contribution is -0.118. The summed E-state index contributed by atoms with van der Waals surface area (Å²) in [5.41, 5.74) is 3.43. The molecule has 0 radical (unpaired) electrons. The number of nitrogens with zero attached hydrogens (tertiary/aromatic N) is 2. The smallest absolute Gasteiger partial charge is 0.263 e. The average Bonchev–Trinajstić information content (AvgIpc) is 2.92. The van der Waals surface area contributed by atoms with Gasteiger partial charge in [0.1, 0.15) is 5.82 Å². The molecule has 3 N–H and O–H groups in total. The number of sulfonamides is 2. The number of anilines is 1. The Morgan fingerprint density at radius 1 is 0.860 bits per heavy atom. The van der Waals surface area contributed by atoms with Crippen LogP contribution in [0.4, 0.5) is 5.69 Å². The fourth-order valence-corrected chi connectivity index (χ4v) is 7.23. The number of allylic oxidation sites excluding steroid dienone is 3. The van der Waals surface area contributed by atoms with Crippen LogP contribution in [0.25, 0.3) is 0 Å². The Morgan fingerprint density at radius 3 is 1.93 bits per heavy atom. The number of benzene rings is 3. The first-order chi connectivity index (χ1) is 20.1. The van der Waals surface area contributed by atoms with Gasteiger partial charge in [-0.25, -0.2) is 22.0 Å². The zero-order valence-electron chi connectivity index (χ0n) is 24.2. The van der Waals surface area contributed by atoms with Crippen molar-refractivity contribution in [1.29, 1.82) is 5.26 Å². The molecule has 1 heterocycles. The summed E-state index contributed by atoms with van der Waals surface area (Å²) >= 11 is 0. The molecular weight excluding hydrogens is 585 g/mol. The van der Waals surface area contributed by atoms with E-state index in [9.17, 15) is 26.9 Å². The monoisotopic (exact) mass is 616 g/mol. The topological polar surface area (TPSA) is 150 Å². The number of nitrogens with two attached hydrogens (primary N) is 1. The number of Topliss-reactive ketones (excluding diaryl/α,β-unsaturated/α-hetero) is 1. The van der Waals surface area contributed by atoms with E-state index in [1.807, 2.05) is 52.0 Å². The van der Waals surface area contributed by atoms with Gasteiger partial charge in [0.05, 0.1) is 27.4 Å². The van der Waals surface area contributed by atoms with Gasteiger partial charge in [-0.2, -0.15) is 5.26 Å². The van der Waals surface area contributed by atoms with E-state index in [1.54, 1.807) is 17.0 Å². The first kappa shape index (κ1) is 30.2. The van der Waals surface area contributed by atoms with E-state index in [2.05, 4.69) is 10.8 Å². The molecule has 1 aliphatic heterocycles. The summed E-state index contributed by atoms with van der Waals surface area (Å²) in [5, 5.41) is 16.0. The fourth-order valence-electron chi connectivity index (χ4n) is 5.65. The molecule has 0 bridgehead atoms. The highest BCUT2D eigenvalue weighted by Crippen LogP contribution is 2.50. The minimum absolute atomic E-state index is 0.000810. The molecule has 3 aromatic carbocycles. The maximum Gasteiger partial charge on any atom is 0.263 e. The van der Waals surface area contributed by atoms with Crippen molar-refractivity contribution in [2.24, 2.45) is 10.6 Å². The van der Waals surface area contributed by atoms with Crippen molar-refractivity contribution in [3.63, 3.8) is 0 Å². The molecule has 0 aromatic heterocycles. The zero-order valence-corrected chi connectivity index (χ0v) is 25.9. The van der Waals surface area contributed by atoms with Crippen molar-refractivity contribution in [2.75, 3.05) is 4.90 Å². The normalized spacial score (nSPS) is 18.7. The molecule has 0 saturated heterocycles. The average molecular weight is 617 g/mol. The molecule has 222 valence electrons. The first-order valence-corrected chi connectivity index (χ1v) is 16.6. The van der Waals surface area contributed by atoms with E-state index in [1.165, 1.54) is 36.4 Å². The summed E-state index contributed by atoms with van der Waals surface area (Å²) in [6.07, 6.45) is 0.636. The molecule has 1 aliphatic carbocycles. The van der Waals surface area contributed by atoms with Crippen molar-refractivity contribution >= 4 is 31.5 Å². The van der Waals surface area contributed by atoms with Gasteiger partial charge in [-0.3, -0.25) is 14.4 Å². The molecule has 5 rings (SSSR count). The number of carbonyl (C=O) groups excluding carboxylic acids is 1. The molecular formula is C32H32N4O5S2. The maximum absolute atomic E-state index is 13.9. The van der Waals surface area contributed by atoms with Gasteiger partial charge in [0.25, 0.3) is 10.0 Å². The third-order valence-corrected chi connectivity index (χ3v) is 10.0. The molecule has 43 heavy (non-hydrogen) atoms. The lowest BCUT2D eigenvalue weighted by Gasteiger charge is -2.44. The quantitative estimate of drug-likeness (QED) is 0.399. The summed E-state index contributed by atoms with van der Waals surface area (Å²) in [7, 11) is -8.22. The number of aryl methyl sites for hydroxylation is 2. The maximum atomic E-state index is 13.9. The largest absolute Gasteiger partial charge is 0.299 e. The minimum atomic E-state index is -4.21. The number of carbonyl (C=O) groups is 1. The lowest BCUT2D eigenvalue weighted by Crippen LogP contribution is -2.44. The van der Waals surface area contributed by atoms with Crippen molar-refractivity contribution in [2.45, 2.75) is 56.2 Å². The van der Waals surface area contributed by atoms with Gasteiger partial charge in [0.15, 0.2) is 5.78 Å². The van der Waals surface area contributed by atoms with Crippen LogP contribution in [0.3, 0.4) is 0 Å². The Kier molecular flexibility index (Phi) is 7.59. The van der Waals surface area contributed by atoms with E-state index in [-0.39, 0.29) is 33.4 Å². The van der Waals surface area contributed by atoms with Gasteiger partial charge >= 0.3 is 0 Å². The van der Waals surface area contributed by atoms with Crippen LogP contribution in [0.15, 0.2) is 105 Å². The Morgan fingerprint density at radius 2 is 1.40 bits per heavy atom. The second kappa shape index (κ2) is 10.8. The highest BCUT2D eigenvalue weighted by atomic mass is 32.2. The van der Waals surface area contributed by atoms with Crippen LogP contribution in [0.5, 0.6) is 0 Å². The summed E-state index contributed by atoms with van der Waals surface area (Å²) in [5.74, 6) is -0.989. The summed E-state index contributed by atoms with van der Waals surface area (Å²) in [4.78, 5) is 15.3. The van der Waals surface area contributed by atoms with E-state index in [4.69, 9.17) is 5.14 Å². The molecule has 9 nitrogen and oxygen atoms in total. The summed E-state index contributed by atoms with van der Waals surface area (Å²) in [6.45, 7) is 7.68. The second-order valence-corrected chi connectivity index (χ2v) is 15.1. The first-order valence-electron chi connectivity index (χ1n) is 13.6. The van der Waals surface area contributed by atoms with E-state index >= 15 is 0 Å². The number of nitrogens with one attached hydrogen (secondary N) is 1. The van der Waals surface area contributed by atoms with Crippen molar-refractivity contribution in [3.05, 3.63) is 112 Å². The van der Waals surface area contributed by atoms with Crippen molar-refractivity contribution < 1.29 is 21.6 Å². The predicted octanol–water partition coefficient (Wildman–Crippen LogP) is 4.91. The Bertz CT molecular complexity index is 1940. The molecule has 3 aromatic rings. The van der Waals surface area contributed by atoms with Crippen LogP contribution in [0.1, 0.15) is 49.3 Å². The Labute approximate surface area is 252 Å². The second-order valence-electron chi connectivity index (χ2n) is 11.8. The summed E-state index contributed by atoms with van der Waals surface area (Å²) < 4.78 is 54.3. The standard InChI is InChI=1S/C32H32N4O5S2/c1-20-5-9-22(10-6-20)29-26(19-33)31(35-43(40,41)25-13-7-21(2)8-14-25)36(23-11-15-24(16-12-23)42(34,38)39)27-17-32(3,4)18-28(37)30(27)29/h5-16,29,35H,17-18H2,1-4H3,(H2,34,38,39). The molecule has 0 saturated carbocycles. The van der Waals surface area contributed by atoms with Crippen LogP contribution in [0.2, 0.25) is 0 Å². The van der Waals surface area contributed by atoms with Crippen molar-refractivity contribution in [3.8, 4) is 6.07 Å². The Balaban J connectivity index is 1.81. The van der Waals surface area contributed by atoms with Crippen LogP contribution in [-0.4, -0.2) is 22.6 Å². The number of primary sulfonamides is 1. The highest BCUT2D eigenvalue weighted by Gasteiger charge is 2.46. The fraction of sp³-hybridized carbons (Fsp3) is 0.250. The Hall–Kier alpha value is -4.24. The molecule has 0 fully saturated rings. The zero-order chi connectivity index (χ0) is 31.3. The summed E-state index contributed by atoms with van der Waals surface area (Å²) in [6, 6.07) is 21.6. The van der Waals surface area contributed by atoms with Gasteiger partial charge in [-0.1, -0.05) is 61.4 Å². The number of nitriles is 1. The highest BCUT2D eigenvalue weighted by molar-refractivity contribution is 7.89. The molecule has 0 amide bonds. The predicted molar refractivity (Wildman–Crippen MR) is 163 cm³/mol. The van der Waals surface area contributed by atoms with Gasteiger partial charge in [-0.05, 0) is 67.6 Å². The van der Waals surface area contributed by atoms with E-state index < -0.39 is 31.4 Å². The SMILES string of the molecule is Cc1ccc(C2C(C#N)=C(NS(=O)(=O)c3ccc(C)cc3)N(c3ccc(S(N)(=O)=O)cc3)C3=C2C(=O)CC(C)(C)C3)cc1. The molecule has 0 spiro atoms. The van der Waals surface area contributed by atoms with Crippen LogP contribution in [-0.2, 0) is 24.8 Å². The van der Waals surface area contributed by atoms with Crippen molar-refractivity contribution in [1.82, 2.24) is 4.72 Å². The number of hydrogen-bond acceptors (Lipinski definition) is 7. The molecule has 2 aliphatic rings. The van der Waals surface area contributed by atoms with Crippen LogP contribution < -0.4 is 14.8 Å². The lowest BCUT2D eigenvalue weighted by atomic mass is 9.68. The number of ketones is 1. The third kappa shape index (κ3) is 5.86. The van der Waals surface area contributed by atoms with Crippen LogP contribution in [0, 0.1) is 30.6 Å². The van der Waals surface area contributed by atoms with E-state index in [0.29, 0.717) is 28.9 Å². The minimum Gasteiger partial charge on any atom is -0.299 e. The van der Waals surface area contributed by atoms with Gasteiger partial charge in [0.2, 0.25) is 10.0 Å². The number of hydrogen-bond donors (Lipinski definition) is 2. The molecule has 1 unspecified atom stereocenters. The number of rotatable bonds is 6. The van der Waals surface area contributed by atoms with E-state index in [0.717, 1.165) is 11.1 Å².